The largest absolute Gasteiger partial charge is 0.488 e. The monoisotopic (exact) mass is 345 g/mol. The van der Waals surface area contributed by atoms with Crippen molar-refractivity contribution in [1.29, 1.82) is 0 Å². The van der Waals surface area contributed by atoms with Crippen LogP contribution >= 0.6 is 23.2 Å². The van der Waals surface area contributed by atoms with Crippen molar-refractivity contribution in [2.75, 3.05) is 6.61 Å². The van der Waals surface area contributed by atoms with Crippen LogP contribution in [0.5, 0.6) is 5.75 Å². The Morgan fingerprint density at radius 1 is 1.45 bits per heavy atom. The Kier molecular flexibility index (Phi) is 5.23. The molecule has 1 aromatic carbocycles. The molecule has 1 aromatic heterocycles. The van der Waals surface area contributed by atoms with Crippen LogP contribution in [0, 0.1) is 17.0 Å². The van der Waals surface area contributed by atoms with Gasteiger partial charge < -0.3 is 9.84 Å². The Morgan fingerprint density at radius 3 is 2.64 bits per heavy atom. The van der Waals surface area contributed by atoms with Gasteiger partial charge in [-0.1, -0.05) is 29.3 Å². The lowest BCUT2D eigenvalue weighted by atomic mass is 10.3. The standard InChI is InChI=1S/C13H13Cl2N3O4/c1-8-12(18(20)21)6-17(16-8)5-9(19)7-22-13-10(14)3-2-4-11(13)15/h2-4,6,9,19H,5,7H2,1H3/t9-/m1/s1. The molecule has 118 valence electrons. The Morgan fingerprint density at radius 2 is 2.09 bits per heavy atom. The minimum absolute atomic E-state index is 0.0523. The Bertz CT molecular complexity index is 670. The summed E-state index contributed by atoms with van der Waals surface area (Å²) >= 11 is 11.9. The topological polar surface area (TPSA) is 90.4 Å². The van der Waals surface area contributed by atoms with Gasteiger partial charge in [0.2, 0.25) is 0 Å². The van der Waals surface area contributed by atoms with E-state index in [4.69, 9.17) is 27.9 Å². The van der Waals surface area contributed by atoms with E-state index in [1.54, 1.807) is 18.2 Å². The van der Waals surface area contributed by atoms with E-state index in [1.165, 1.54) is 17.8 Å². The summed E-state index contributed by atoms with van der Waals surface area (Å²) in [5.41, 5.74) is 0.189. The molecular weight excluding hydrogens is 333 g/mol. The smallest absolute Gasteiger partial charge is 0.309 e. The van der Waals surface area contributed by atoms with E-state index in [-0.39, 0.29) is 30.3 Å². The molecule has 0 saturated heterocycles. The van der Waals surface area contributed by atoms with Crippen LogP contribution in [0.1, 0.15) is 5.69 Å². The zero-order valence-corrected chi connectivity index (χ0v) is 13.1. The van der Waals surface area contributed by atoms with Gasteiger partial charge in [-0.15, -0.1) is 0 Å². The molecule has 7 nitrogen and oxygen atoms in total. The van der Waals surface area contributed by atoms with Crippen LogP contribution in [-0.4, -0.2) is 32.5 Å². The molecule has 0 saturated carbocycles. The molecule has 0 aliphatic carbocycles. The van der Waals surface area contributed by atoms with Crippen molar-refractivity contribution < 1.29 is 14.8 Å². The summed E-state index contributed by atoms with van der Waals surface area (Å²) in [4.78, 5) is 10.2. The Labute approximate surface area is 136 Å². The summed E-state index contributed by atoms with van der Waals surface area (Å²) in [7, 11) is 0. The number of aliphatic hydroxyl groups excluding tert-OH is 1. The minimum Gasteiger partial charge on any atom is -0.488 e. The third kappa shape index (κ3) is 3.88. The highest BCUT2D eigenvalue weighted by Gasteiger charge is 2.17. The number of para-hydroxylation sites is 1. The number of rotatable bonds is 6. The fourth-order valence-corrected chi connectivity index (χ4v) is 2.36. The number of aromatic nitrogens is 2. The molecule has 0 spiro atoms. The first-order chi connectivity index (χ1) is 10.4. The summed E-state index contributed by atoms with van der Waals surface area (Å²) in [5, 5.41) is 25.3. The average molecular weight is 346 g/mol. The van der Waals surface area contributed by atoms with E-state index in [9.17, 15) is 15.2 Å². The van der Waals surface area contributed by atoms with Crippen LogP contribution in [-0.2, 0) is 6.54 Å². The van der Waals surface area contributed by atoms with Gasteiger partial charge in [-0.3, -0.25) is 14.8 Å². The Balaban J connectivity index is 1.97. The first-order valence-electron chi connectivity index (χ1n) is 6.31. The maximum absolute atomic E-state index is 10.7. The third-order valence-corrected chi connectivity index (χ3v) is 3.45. The van der Waals surface area contributed by atoms with Crippen molar-refractivity contribution in [3.05, 3.63) is 50.2 Å². The summed E-state index contributed by atoms with van der Waals surface area (Å²) in [6, 6.07) is 4.92. The lowest BCUT2D eigenvalue weighted by Crippen LogP contribution is -2.24. The van der Waals surface area contributed by atoms with Gasteiger partial charge in [0.05, 0.1) is 21.5 Å². The second-order valence-corrected chi connectivity index (χ2v) is 5.41. The van der Waals surface area contributed by atoms with E-state index >= 15 is 0 Å². The molecule has 0 aliphatic heterocycles. The summed E-state index contributed by atoms with van der Waals surface area (Å²) in [6.45, 7) is 1.51. The highest BCUT2D eigenvalue weighted by atomic mass is 35.5. The second-order valence-electron chi connectivity index (χ2n) is 4.59. The molecule has 0 amide bonds. The van der Waals surface area contributed by atoms with Gasteiger partial charge in [-0.2, -0.15) is 5.10 Å². The van der Waals surface area contributed by atoms with Crippen molar-refractivity contribution in [2.24, 2.45) is 0 Å². The number of benzene rings is 1. The van der Waals surface area contributed by atoms with Crippen LogP contribution in [0.15, 0.2) is 24.4 Å². The van der Waals surface area contributed by atoms with Gasteiger partial charge in [0.25, 0.3) is 0 Å². The average Bonchev–Trinajstić information content (AvgIpc) is 2.79. The number of halogens is 2. The summed E-state index contributed by atoms with van der Waals surface area (Å²) in [5.74, 6) is 0.285. The van der Waals surface area contributed by atoms with Gasteiger partial charge in [0.1, 0.15) is 24.6 Å². The second kappa shape index (κ2) is 6.95. The van der Waals surface area contributed by atoms with Gasteiger partial charge in [-0.25, -0.2) is 0 Å². The first kappa shape index (κ1) is 16.5. The van der Waals surface area contributed by atoms with E-state index in [0.29, 0.717) is 10.0 Å². The fraction of sp³-hybridized carbons (Fsp3) is 0.308. The zero-order chi connectivity index (χ0) is 16.3. The van der Waals surface area contributed by atoms with Gasteiger partial charge in [0, 0.05) is 0 Å². The van der Waals surface area contributed by atoms with E-state index < -0.39 is 11.0 Å². The molecule has 0 bridgehead atoms. The van der Waals surface area contributed by atoms with Gasteiger partial charge in [-0.05, 0) is 19.1 Å². The van der Waals surface area contributed by atoms with Crippen molar-refractivity contribution in [3.8, 4) is 5.75 Å². The van der Waals surface area contributed by atoms with Crippen molar-refractivity contribution in [2.45, 2.75) is 19.6 Å². The SMILES string of the molecule is Cc1nn(C[C@@H](O)COc2c(Cl)cccc2Cl)cc1[N+](=O)[O-]. The van der Waals surface area contributed by atoms with Crippen molar-refractivity contribution in [1.82, 2.24) is 9.78 Å². The molecule has 0 unspecified atom stereocenters. The lowest BCUT2D eigenvalue weighted by Gasteiger charge is -2.14. The van der Waals surface area contributed by atoms with Crippen LogP contribution in [0.3, 0.4) is 0 Å². The molecule has 1 atom stereocenters. The number of nitro groups is 1. The van der Waals surface area contributed by atoms with Crippen LogP contribution in [0.4, 0.5) is 5.69 Å². The van der Waals surface area contributed by atoms with Crippen LogP contribution in [0.2, 0.25) is 10.0 Å². The molecule has 2 aromatic rings. The van der Waals surface area contributed by atoms with Crippen molar-refractivity contribution in [3.63, 3.8) is 0 Å². The predicted molar refractivity (Wildman–Crippen MR) is 81.6 cm³/mol. The van der Waals surface area contributed by atoms with Gasteiger partial charge in [0.15, 0.2) is 5.75 Å². The molecule has 22 heavy (non-hydrogen) atoms. The van der Waals surface area contributed by atoms with Crippen molar-refractivity contribution >= 4 is 28.9 Å². The lowest BCUT2D eigenvalue weighted by molar-refractivity contribution is -0.385. The number of hydrogen-bond acceptors (Lipinski definition) is 5. The quantitative estimate of drug-likeness (QED) is 0.642. The first-order valence-corrected chi connectivity index (χ1v) is 7.07. The molecule has 2 rings (SSSR count). The molecular formula is C13H13Cl2N3O4. The summed E-state index contributed by atoms with van der Waals surface area (Å²) < 4.78 is 6.70. The highest BCUT2D eigenvalue weighted by molar-refractivity contribution is 6.37. The fourth-order valence-electron chi connectivity index (χ4n) is 1.85. The zero-order valence-electron chi connectivity index (χ0n) is 11.6. The van der Waals surface area contributed by atoms with Crippen LogP contribution < -0.4 is 4.74 Å². The van der Waals surface area contributed by atoms with E-state index in [0.717, 1.165) is 0 Å². The van der Waals surface area contributed by atoms with Gasteiger partial charge >= 0.3 is 5.69 Å². The maximum atomic E-state index is 10.7. The Hall–Kier alpha value is -1.83. The predicted octanol–water partition coefficient (Wildman–Crippen LogP) is 2.85. The normalized spacial score (nSPS) is 12.2. The number of ether oxygens (including phenoxy) is 1. The number of aliphatic hydroxyl groups is 1. The molecule has 1 heterocycles. The van der Waals surface area contributed by atoms with E-state index in [2.05, 4.69) is 5.10 Å². The minimum atomic E-state index is -0.925. The third-order valence-electron chi connectivity index (χ3n) is 2.85. The molecule has 9 heteroatoms. The maximum Gasteiger partial charge on any atom is 0.309 e. The number of nitrogens with zero attached hydrogens (tertiary/aromatic N) is 3. The molecule has 0 radical (unpaired) electrons. The molecule has 1 N–H and O–H groups in total. The highest BCUT2D eigenvalue weighted by Crippen LogP contribution is 2.32. The van der Waals surface area contributed by atoms with Crippen LogP contribution in [0.25, 0.3) is 0 Å². The number of hydrogen-bond donors (Lipinski definition) is 1. The molecule has 0 fully saturated rings. The van der Waals surface area contributed by atoms with E-state index in [1.807, 2.05) is 0 Å². The number of aryl methyl sites for hydroxylation is 1. The summed E-state index contributed by atoms with van der Waals surface area (Å²) in [6.07, 6.45) is 0.340. The molecule has 0 aliphatic rings.